The summed E-state index contributed by atoms with van der Waals surface area (Å²) in [5, 5.41) is 3.44. The molecule has 0 aliphatic rings. The first-order valence-electron chi connectivity index (χ1n) is 5.60. The summed E-state index contributed by atoms with van der Waals surface area (Å²) in [6.07, 6.45) is -7.18. The Bertz CT molecular complexity index is 771. The number of sulfone groups is 1. The molecule has 0 fully saturated rings. The smallest absolute Gasteiger partial charge is 0.258 e. The van der Waals surface area contributed by atoms with Crippen molar-refractivity contribution in [3.63, 3.8) is 0 Å². The Morgan fingerprint density at radius 2 is 1.20 bits per heavy atom. The molecular weight excluding hydrogens is 401 g/mol. The van der Waals surface area contributed by atoms with Crippen molar-refractivity contribution >= 4 is 15.5 Å². The number of nitro benzene ring substituents is 1. The predicted octanol–water partition coefficient (Wildman–Crippen LogP) is 3.79. The molecule has 0 amide bonds. The normalized spacial score (nSPS) is 14.4. The highest BCUT2D eigenvalue weighted by molar-refractivity contribution is 7.92. The minimum atomic E-state index is -7.38. The third-order valence-corrected chi connectivity index (χ3v) is 4.64. The maximum atomic E-state index is 13.5. The van der Waals surface area contributed by atoms with Crippen molar-refractivity contribution < 1.29 is 52.9 Å². The van der Waals surface area contributed by atoms with Gasteiger partial charge in [-0.25, -0.2) is 8.42 Å². The fourth-order valence-electron chi connectivity index (χ4n) is 1.42. The summed E-state index contributed by atoms with van der Waals surface area (Å²) < 4.78 is 138. The summed E-state index contributed by atoms with van der Waals surface area (Å²) in [6.45, 7) is 0. The first kappa shape index (κ1) is 21.0. The van der Waals surface area contributed by atoms with E-state index >= 15 is 0 Å². The zero-order valence-corrected chi connectivity index (χ0v) is 12.0. The van der Waals surface area contributed by atoms with Crippen molar-refractivity contribution in [1.29, 1.82) is 0 Å². The van der Waals surface area contributed by atoms with Gasteiger partial charge in [-0.3, -0.25) is 10.1 Å². The van der Waals surface area contributed by atoms with Gasteiger partial charge in [0.05, 0.1) is 9.82 Å². The summed E-state index contributed by atoms with van der Waals surface area (Å²) in [5.74, 6) is -14.7. The Kier molecular flexibility index (Phi) is 4.82. The molecule has 0 radical (unpaired) electrons. The molecule has 5 nitrogen and oxygen atoms in total. The zero-order chi connectivity index (χ0) is 20.1. The van der Waals surface area contributed by atoms with E-state index in [2.05, 4.69) is 0 Å². The summed E-state index contributed by atoms with van der Waals surface area (Å²) in [6, 6.07) is 0.485. The highest BCUT2D eigenvalue weighted by Gasteiger charge is 2.85. The molecule has 0 aliphatic heterocycles. The topological polar surface area (TPSA) is 77.3 Å². The predicted molar refractivity (Wildman–Crippen MR) is 61.2 cm³/mol. The molecular formula is C10H4F9NO4S. The van der Waals surface area contributed by atoms with E-state index in [0.717, 1.165) is 0 Å². The first-order chi connectivity index (χ1) is 10.9. The monoisotopic (exact) mass is 405 g/mol. The summed E-state index contributed by atoms with van der Waals surface area (Å²) in [7, 11) is -6.77. The second-order valence-electron chi connectivity index (χ2n) is 4.42. The lowest BCUT2D eigenvalue weighted by molar-refractivity contribution is -0.384. The molecule has 0 atom stereocenters. The van der Waals surface area contributed by atoms with Gasteiger partial charge in [-0.15, -0.1) is 0 Å². The van der Waals surface area contributed by atoms with E-state index in [1.54, 1.807) is 0 Å². The van der Waals surface area contributed by atoms with E-state index in [0.29, 0.717) is 0 Å². The molecule has 142 valence electrons. The van der Waals surface area contributed by atoms with Gasteiger partial charge in [0.2, 0.25) is 9.84 Å². The van der Waals surface area contributed by atoms with Gasteiger partial charge in [-0.2, -0.15) is 39.5 Å². The van der Waals surface area contributed by atoms with Gasteiger partial charge < -0.3 is 0 Å². The van der Waals surface area contributed by atoms with E-state index in [1.807, 2.05) is 0 Å². The summed E-state index contributed by atoms with van der Waals surface area (Å²) in [5.41, 5.74) is -0.880. The number of halogens is 9. The highest BCUT2D eigenvalue weighted by atomic mass is 32.2. The Morgan fingerprint density at radius 1 is 0.800 bits per heavy atom. The van der Waals surface area contributed by atoms with Crippen LogP contribution in [0.3, 0.4) is 0 Å². The Hall–Kier alpha value is -2.06. The van der Waals surface area contributed by atoms with Gasteiger partial charge in [-0.05, 0) is 12.1 Å². The zero-order valence-electron chi connectivity index (χ0n) is 11.2. The van der Waals surface area contributed by atoms with Crippen molar-refractivity contribution in [3.8, 4) is 0 Å². The van der Waals surface area contributed by atoms with Crippen LogP contribution in [0.25, 0.3) is 0 Å². The van der Waals surface area contributed by atoms with E-state index in [9.17, 15) is 58.0 Å². The maximum absolute atomic E-state index is 13.5. The molecule has 15 heteroatoms. The largest absolute Gasteiger partial charge is 0.460 e. The van der Waals surface area contributed by atoms with Crippen LogP contribution in [-0.2, 0) is 9.84 Å². The molecule has 0 aromatic heterocycles. The Balaban J connectivity index is 3.51. The quantitative estimate of drug-likeness (QED) is 0.424. The van der Waals surface area contributed by atoms with Crippen molar-refractivity contribution in [2.45, 2.75) is 28.2 Å². The number of alkyl halides is 9. The molecule has 0 aliphatic carbocycles. The van der Waals surface area contributed by atoms with Crippen LogP contribution in [0.15, 0.2) is 29.2 Å². The minimum Gasteiger partial charge on any atom is -0.258 e. The third-order valence-electron chi connectivity index (χ3n) is 2.81. The van der Waals surface area contributed by atoms with Gasteiger partial charge in [0.25, 0.3) is 5.69 Å². The van der Waals surface area contributed by atoms with Crippen LogP contribution in [0.2, 0.25) is 0 Å². The molecule has 1 rings (SSSR count). The lowest BCUT2D eigenvalue weighted by Gasteiger charge is -2.33. The van der Waals surface area contributed by atoms with Crippen molar-refractivity contribution in [1.82, 2.24) is 0 Å². The van der Waals surface area contributed by atoms with Crippen molar-refractivity contribution in [3.05, 3.63) is 34.4 Å². The third kappa shape index (κ3) is 3.00. The number of hydrogen-bond acceptors (Lipinski definition) is 4. The number of rotatable bonds is 5. The Labute approximate surface area is 132 Å². The van der Waals surface area contributed by atoms with Crippen LogP contribution in [0.1, 0.15) is 0 Å². The first-order valence-corrected chi connectivity index (χ1v) is 7.09. The standard InChI is InChI=1S/C10H4F9NO4S/c11-7(12,9(15,16)17)8(13,14)10(18,19)25(23,24)6-3-1-5(2-4-6)20(21)22/h1-4H. The molecule has 0 saturated carbocycles. The number of nitro groups is 1. The van der Waals surface area contributed by atoms with Crippen molar-refractivity contribution in [2.24, 2.45) is 0 Å². The molecule has 1 aromatic rings. The maximum Gasteiger partial charge on any atom is 0.460 e. The van der Waals surface area contributed by atoms with Gasteiger partial charge in [0, 0.05) is 12.1 Å². The molecule has 0 unspecified atom stereocenters. The molecule has 25 heavy (non-hydrogen) atoms. The molecule has 1 aromatic carbocycles. The average Bonchev–Trinajstić information content (AvgIpc) is 2.45. The van der Waals surface area contributed by atoms with Crippen molar-refractivity contribution in [2.75, 3.05) is 0 Å². The summed E-state index contributed by atoms with van der Waals surface area (Å²) in [4.78, 5) is 7.37. The van der Waals surface area contributed by atoms with Crippen LogP contribution in [0.5, 0.6) is 0 Å². The van der Waals surface area contributed by atoms with Crippen LogP contribution < -0.4 is 0 Å². The van der Waals surface area contributed by atoms with Gasteiger partial charge in [0.15, 0.2) is 0 Å². The second-order valence-corrected chi connectivity index (χ2v) is 6.41. The van der Waals surface area contributed by atoms with E-state index in [4.69, 9.17) is 0 Å². The van der Waals surface area contributed by atoms with E-state index < -0.39 is 48.6 Å². The van der Waals surface area contributed by atoms with Crippen LogP contribution in [-0.4, -0.2) is 36.6 Å². The molecule has 0 spiro atoms. The fraction of sp³-hybridized carbons (Fsp3) is 0.400. The van der Waals surface area contributed by atoms with Gasteiger partial charge in [0.1, 0.15) is 0 Å². The van der Waals surface area contributed by atoms with Gasteiger partial charge >= 0.3 is 23.3 Å². The van der Waals surface area contributed by atoms with Gasteiger partial charge in [-0.1, -0.05) is 0 Å². The lowest BCUT2D eigenvalue weighted by atomic mass is 10.1. The summed E-state index contributed by atoms with van der Waals surface area (Å²) >= 11 is 0. The SMILES string of the molecule is O=[N+]([O-])c1ccc(S(=O)(=O)C(F)(F)C(F)(F)C(F)(F)C(F)(F)F)cc1. The van der Waals surface area contributed by atoms with E-state index in [-0.39, 0.29) is 24.3 Å². The molecule has 0 bridgehead atoms. The van der Waals surface area contributed by atoms with Crippen LogP contribution in [0, 0.1) is 10.1 Å². The minimum absolute atomic E-state index is 0.0107. The average molecular weight is 405 g/mol. The molecule has 0 heterocycles. The lowest BCUT2D eigenvalue weighted by Crippen LogP contribution is -2.63. The van der Waals surface area contributed by atoms with Crippen LogP contribution >= 0.6 is 0 Å². The number of hydrogen-bond donors (Lipinski definition) is 0. The van der Waals surface area contributed by atoms with E-state index in [1.165, 1.54) is 0 Å². The molecule has 0 saturated heterocycles. The number of benzene rings is 1. The fourth-order valence-corrected chi connectivity index (χ4v) is 2.68. The second kappa shape index (κ2) is 5.74. The number of nitrogens with zero attached hydrogens (tertiary/aromatic N) is 1. The number of non-ortho nitro benzene ring substituents is 1. The van der Waals surface area contributed by atoms with Crippen LogP contribution in [0.4, 0.5) is 45.2 Å². The highest BCUT2D eigenvalue weighted by Crippen LogP contribution is 2.55. The Morgan fingerprint density at radius 3 is 1.52 bits per heavy atom. The molecule has 0 N–H and O–H groups in total.